The number of hydrogen-bond acceptors (Lipinski definition) is 10. The van der Waals surface area contributed by atoms with Crippen LogP contribution in [0.4, 0.5) is 0 Å². The minimum Gasteiger partial charge on any atom is -0.457 e. The highest BCUT2D eigenvalue weighted by molar-refractivity contribution is 6.05. The predicted octanol–water partition coefficient (Wildman–Crippen LogP) is 3.99. The Morgan fingerprint density at radius 1 is 0.405 bits per heavy atom. The Labute approximate surface area is 247 Å². The summed E-state index contributed by atoms with van der Waals surface area (Å²) in [6, 6.07) is 0. The molecule has 10 nitrogen and oxygen atoms in total. The van der Waals surface area contributed by atoms with Crippen molar-refractivity contribution in [3.63, 3.8) is 0 Å². The summed E-state index contributed by atoms with van der Waals surface area (Å²) in [5, 5.41) is 0. The van der Waals surface area contributed by atoms with Crippen LogP contribution in [0.3, 0.4) is 0 Å². The van der Waals surface area contributed by atoms with Crippen molar-refractivity contribution in [1.29, 1.82) is 0 Å². The fourth-order valence-electron chi connectivity index (χ4n) is 7.07. The van der Waals surface area contributed by atoms with Crippen molar-refractivity contribution in [2.24, 2.45) is 23.7 Å². The number of rotatable bonds is 4. The molecule has 10 heteroatoms. The molecule has 1 saturated carbocycles. The smallest absolute Gasteiger partial charge is 0.337 e. The number of hydrogen-bond donors (Lipinski definition) is 0. The molecule has 0 N–H and O–H groups in total. The van der Waals surface area contributed by atoms with Gasteiger partial charge in [-0.3, -0.25) is 0 Å². The van der Waals surface area contributed by atoms with E-state index in [1.165, 1.54) is 0 Å². The number of carbonyl (C=O) groups excluding carboxylic acids is 4. The summed E-state index contributed by atoms with van der Waals surface area (Å²) >= 11 is 0. The van der Waals surface area contributed by atoms with Crippen LogP contribution in [0.2, 0.25) is 0 Å². The van der Waals surface area contributed by atoms with Crippen molar-refractivity contribution in [1.82, 2.24) is 0 Å². The highest BCUT2D eigenvalue weighted by Gasteiger charge is 2.77. The first kappa shape index (κ1) is 30.7. The molecule has 4 heterocycles. The number of esters is 4. The van der Waals surface area contributed by atoms with Crippen LogP contribution in [-0.4, -0.2) is 70.7 Å². The molecule has 1 aliphatic carbocycles. The van der Waals surface area contributed by atoms with Crippen molar-refractivity contribution >= 4 is 23.9 Å². The largest absolute Gasteiger partial charge is 0.457 e. The molecule has 0 amide bonds. The second kappa shape index (κ2) is 9.39. The average molecular weight is 589 g/mol. The van der Waals surface area contributed by atoms with Gasteiger partial charge in [0, 0.05) is 23.7 Å². The molecular weight excluding hydrogens is 544 g/mol. The molecule has 232 valence electrons. The van der Waals surface area contributed by atoms with E-state index in [9.17, 15) is 19.2 Å². The van der Waals surface area contributed by atoms with E-state index < -0.39 is 70.7 Å². The quantitative estimate of drug-likeness (QED) is 0.352. The lowest BCUT2D eigenvalue weighted by molar-refractivity contribution is -0.156. The molecule has 0 aromatic rings. The van der Waals surface area contributed by atoms with Crippen LogP contribution >= 0.6 is 0 Å². The van der Waals surface area contributed by atoms with E-state index >= 15 is 0 Å². The first-order valence-corrected chi connectivity index (χ1v) is 14.7. The van der Waals surface area contributed by atoms with Crippen molar-refractivity contribution in [3.8, 4) is 0 Å². The summed E-state index contributed by atoms with van der Waals surface area (Å²) in [5.41, 5.74) is -2.51. The van der Waals surface area contributed by atoms with Gasteiger partial charge in [-0.1, -0.05) is 0 Å². The number of carbonyl (C=O) groups is 4. The molecule has 42 heavy (non-hydrogen) atoms. The molecule has 2 saturated heterocycles. The van der Waals surface area contributed by atoms with Crippen molar-refractivity contribution in [3.05, 3.63) is 22.3 Å². The lowest BCUT2D eigenvalue weighted by Crippen LogP contribution is -2.60. The van der Waals surface area contributed by atoms with E-state index in [4.69, 9.17) is 28.4 Å². The van der Waals surface area contributed by atoms with Crippen LogP contribution < -0.4 is 0 Å². The highest BCUT2D eigenvalue weighted by atomic mass is 16.6. The normalized spacial score (nSPS) is 33.2. The Morgan fingerprint density at radius 2 is 0.571 bits per heavy atom. The Bertz CT molecular complexity index is 1090. The van der Waals surface area contributed by atoms with Crippen LogP contribution in [-0.2, 0) is 47.6 Å². The summed E-state index contributed by atoms with van der Waals surface area (Å²) in [6.45, 7) is 21.1. The molecular formula is C32H44O10. The zero-order valence-electron chi connectivity index (χ0n) is 26.7. The summed E-state index contributed by atoms with van der Waals surface area (Å²) in [7, 11) is 0. The van der Waals surface area contributed by atoms with E-state index in [1.54, 1.807) is 83.1 Å². The van der Waals surface area contributed by atoms with Gasteiger partial charge in [-0.25, -0.2) is 19.2 Å². The van der Waals surface area contributed by atoms with E-state index in [-0.39, 0.29) is 46.0 Å². The molecule has 4 bridgehead atoms. The van der Waals surface area contributed by atoms with E-state index in [1.807, 2.05) is 0 Å². The van der Waals surface area contributed by atoms with E-state index in [0.717, 1.165) is 0 Å². The maximum Gasteiger partial charge on any atom is 0.337 e. The highest BCUT2D eigenvalue weighted by Crippen LogP contribution is 2.70. The zero-order chi connectivity index (χ0) is 31.5. The Kier molecular flexibility index (Phi) is 6.87. The van der Waals surface area contributed by atoms with Gasteiger partial charge in [-0.2, -0.15) is 0 Å². The SMILES string of the molecule is CC(C)(C)OC(=O)C1=C(C(=O)OC(C)(C)C)[C@@H]2O[C@H]1C1C3C(C12)[C@H]1O[C@@H]3C(C(=O)OC(C)(C)C)=C1C(=O)OC(C)(C)C. The fraction of sp³-hybridized carbons (Fsp3) is 0.750. The van der Waals surface area contributed by atoms with Crippen molar-refractivity contribution in [2.75, 3.05) is 0 Å². The second-order valence-corrected chi connectivity index (χ2v) is 15.9. The zero-order valence-corrected chi connectivity index (χ0v) is 26.7. The monoisotopic (exact) mass is 588 g/mol. The minimum atomic E-state index is -0.795. The molecule has 0 spiro atoms. The third-order valence-electron chi connectivity index (χ3n) is 7.96. The average Bonchev–Trinajstić information content (AvgIpc) is 3.43. The van der Waals surface area contributed by atoms with E-state index in [2.05, 4.69) is 0 Å². The van der Waals surface area contributed by atoms with Crippen LogP contribution in [0.5, 0.6) is 0 Å². The molecule has 5 aliphatic rings. The molecule has 0 aromatic carbocycles. The summed E-state index contributed by atoms with van der Waals surface area (Å²) in [4.78, 5) is 54.1. The standard InChI is InChI=1S/C32H44O10/c1-29(2,3)39-25(33)17-18(26(34)40-30(4,5)6)22-14-13(21(17)37-22)15-16(14)24-20(28(36)42-32(10,11)12)19(23(15)38-24)27(35)41-31(7,8)9/h13-16,21-24H,1-12H3/t13?,14?,15?,16?,21-,22+,23-,24+. The van der Waals surface area contributed by atoms with Crippen molar-refractivity contribution < 1.29 is 47.6 Å². The summed E-state index contributed by atoms with van der Waals surface area (Å²) in [6.07, 6.45) is -2.92. The molecule has 0 radical (unpaired) electrons. The maximum absolute atomic E-state index is 13.5. The lowest BCUT2D eigenvalue weighted by atomic mass is 9.47. The van der Waals surface area contributed by atoms with Crippen LogP contribution in [0, 0.1) is 23.7 Å². The van der Waals surface area contributed by atoms with Crippen LogP contribution in [0.1, 0.15) is 83.1 Å². The number of ether oxygens (including phenoxy) is 6. The fourth-order valence-corrected chi connectivity index (χ4v) is 7.07. The molecule has 8 atom stereocenters. The van der Waals surface area contributed by atoms with Gasteiger partial charge in [0.05, 0.1) is 46.7 Å². The van der Waals surface area contributed by atoms with Crippen molar-refractivity contribution in [2.45, 2.75) is 130 Å². The van der Waals surface area contributed by atoms with Gasteiger partial charge in [0.15, 0.2) is 0 Å². The molecule has 4 unspecified atom stereocenters. The van der Waals surface area contributed by atoms with Gasteiger partial charge in [-0.15, -0.1) is 0 Å². The third kappa shape index (κ3) is 5.19. The Balaban J connectivity index is 1.54. The van der Waals surface area contributed by atoms with Gasteiger partial charge in [0.25, 0.3) is 0 Å². The predicted molar refractivity (Wildman–Crippen MR) is 149 cm³/mol. The first-order valence-electron chi connectivity index (χ1n) is 14.7. The van der Waals surface area contributed by atoms with Gasteiger partial charge in [0.2, 0.25) is 0 Å². The Hall–Kier alpha value is -2.72. The van der Waals surface area contributed by atoms with Crippen LogP contribution in [0.25, 0.3) is 0 Å². The third-order valence-corrected chi connectivity index (χ3v) is 7.96. The van der Waals surface area contributed by atoms with Gasteiger partial charge < -0.3 is 28.4 Å². The number of fused-ring (bicyclic) bond motifs is 12. The van der Waals surface area contributed by atoms with Gasteiger partial charge >= 0.3 is 23.9 Å². The molecule has 4 aliphatic heterocycles. The molecule has 3 fully saturated rings. The first-order chi connectivity index (χ1) is 19.0. The van der Waals surface area contributed by atoms with Gasteiger partial charge in [0.1, 0.15) is 22.4 Å². The minimum absolute atomic E-state index is 0.168. The van der Waals surface area contributed by atoms with E-state index in [0.29, 0.717) is 0 Å². The lowest BCUT2D eigenvalue weighted by Gasteiger charge is -2.52. The maximum atomic E-state index is 13.5. The van der Waals surface area contributed by atoms with Crippen LogP contribution in [0.15, 0.2) is 22.3 Å². The van der Waals surface area contributed by atoms with Gasteiger partial charge in [-0.05, 0) is 83.1 Å². The molecule has 0 aromatic heterocycles. The Morgan fingerprint density at radius 3 is 0.714 bits per heavy atom. The second-order valence-electron chi connectivity index (χ2n) is 15.9. The summed E-state index contributed by atoms with van der Waals surface area (Å²) in [5.74, 6) is -3.39. The topological polar surface area (TPSA) is 124 Å². The molecule has 5 rings (SSSR count). The summed E-state index contributed by atoms with van der Waals surface area (Å²) < 4.78 is 35.6.